The molecule has 1 aromatic carbocycles. The van der Waals surface area contributed by atoms with E-state index in [9.17, 15) is 10.1 Å². The molecule has 1 amide bonds. The van der Waals surface area contributed by atoms with E-state index in [1.54, 1.807) is 0 Å². The molecule has 4 nitrogen and oxygen atoms in total. The number of aromatic nitrogens is 1. The molecule has 0 radical (unpaired) electrons. The van der Waals surface area contributed by atoms with Crippen LogP contribution in [0.25, 0.3) is 0 Å². The van der Waals surface area contributed by atoms with Crippen molar-refractivity contribution in [2.24, 2.45) is 0 Å². The molecule has 2 heterocycles. The van der Waals surface area contributed by atoms with E-state index < -0.39 is 0 Å². The summed E-state index contributed by atoms with van der Waals surface area (Å²) in [5, 5.41) is 10.3. The van der Waals surface area contributed by atoms with E-state index in [4.69, 9.17) is 4.98 Å². The molecule has 28 heavy (non-hydrogen) atoms. The highest BCUT2D eigenvalue weighted by Gasteiger charge is 2.23. The van der Waals surface area contributed by atoms with Crippen molar-refractivity contribution in [1.29, 1.82) is 5.26 Å². The van der Waals surface area contributed by atoms with Crippen molar-refractivity contribution in [3.8, 4) is 6.07 Å². The number of carbonyl (C=O) groups excluding carboxylic acids is 1. The van der Waals surface area contributed by atoms with Crippen molar-refractivity contribution in [1.82, 2.24) is 4.98 Å². The zero-order valence-electron chi connectivity index (χ0n) is 16.1. The predicted molar refractivity (Wildman–Crippen MR) is 113 cm³/mol. The third kappa shape index (κ3) is 4.07. The Labute approximate surface area is 171 Å². The molecule has 0 fully saturated rings. The summed E-state index contributed by atoms with van der Waals surface area (Å²) in [6.45, 7) is 0.763. The van der Waals surface area contributed by atoms with Gasteiger partial charge in [0, 0.05) is 17.9 Å². The van der Waals surface area contributed by atoms with E-state index in [1.165, 1.54) is 42.2 Å². The molecule has 0 bridgehead atoms. The van der Waals surface area contributed by atoms with Gasteiger partial charge in [0.15, 0.2) is 0 Å². The van der Waals surface area contributed by atoms with Gasteiger partial charge in [-0.2, -0.15) is 5.26 Å². The van der Waals surface area contributed by atoms with Crippen molar-refractivity contribution in [3.63, 3.8) is 0 Å². The van der Waals surface area contributed by atoms with Gasteiger partial charge in [-0.3, -0.25) is 4.79 Å². The van der Waals surface area contributed by atoms with Crippen molar-refractivity contribution in [2.45, 2.75) is 56.4 Å². The van der Waals surface area contributed by atoms with E-state index in [-0.39, 0.29) is 5.91 Å². The number of nitrogens with zero attached hydrogens (tertiary/aromatic N) is 3. The van der Waals surface area contributed by atoms with Gasteiger partial charge in [-0.25, -0.2) is 4.98 Å². The topological polar surface area (TPSA) is 57.0 Å². The Morgan fingerprint density at radius 2 is 1.86 bits per heavy atom. The van der Waals surface area contributed by atoms with Crippen molar-refractivity contribution >= 4 is 23.4 Å². The Kier molecular flexibility index (Phi) is 5.97. The molecule has 1 aromatic heterocycles. The first-order valence-corrected chi connectivity index (χ1v) is 11.2. The Bertz CT molecular complexity index is 919. The quantitative estimate of drug-likeness (QED) is 0.713. The molecule has 144 valence electrons. The number of carbonyl (C=O) groups is 1. The summed E-state index contributed by atoms with van der Waals surface area (Å²) in [7, 11) is 0. The fourth-order valence-corrected chi connectivity index (χ4v) is 5.01. The van der Waals surface area contributed by atoms with Crippen LogP contribution in [0.1, 0.15) is 54.5 Å². The van der Waals surface area contributed by atoms with E-state index in [0.717, 1.165) is 50.0 Å². The summed E-state index contributed by atoms with van der Waals surface area (Å²) in [6, 6.07) is 12.5. The largest absolute Gasteiger partial charge is 0.311 e. The molecule has 0 saturated heterocycles. The van der Waals surface area contributed by atoms with Gasteiger partial charge < -0.3 is 4.90 Å². The normalized spacial score (nSPS) is 16.3. The Morgan fingerprint density at radius 3 is 2.71 bits per heavy atom. The smallest absolute Gasteiger partial charge is 0.237 e. The Hall–Kier alpha value is -2.32. The molecule has 0 spiro atoms. The van der Waals surface area contributed by atoms with E-state index in [0.29, 0.717) is 16.3 Å². The first-order valence-electron chi connectivity index (χ1n) is 10.2. The van der Waals surface area contributed by atoms with Crippen LogP contribution in [0.5, 0.6) is 0 Å². The highest BCUT2D eigenvalue weighted by molar-refractivity contribution is 8.00. The van der Waals surface area contributed by atoms with Crippen LogP contribution < -0.4 is 4.90 Å². The average molecular weight is 392 g/mol. The fourth-order valence-electron chi connectivity index (χ4n) is 4.16. The van der Waals surface area contributed by atoms with Gasteiger partial charge in [-0.1, -0.05) is 42.8 Å². The predicted octanol–water partition coefficient (Wildman–Crippen LogP) is 4.68. The van der Waals surface area contributed by atoms with Crippen LogP contribution in [0.2, 0.25) is 0 Å². The summed E-state index contributed by atoms with van der Waals surface area (Å²) in [5.41, 5.74) is 5.22. The number of hydrogen-bond acceptors (Lipinski definition) is 4. The van der Waals surface area contributed by atoms with Gasteiger partial charge in [0.1, 0.15) is 11.1 Å². The maximum absolute atomic E-state index is 12.9. The monoisotopic (exact) mass is 391 g/mol. The van der Waals surface area contributed by atoms with Crippen molar-refractivity contribution < 1.29 is 4.79 Å². The number of amides is 1. The molecular weight excluding hydrogens is 366 g/mol. The third-order valence-electron chi connectivity index (χ3n) is 5.63. The Morgan fingerprint density at radius 1 is 1.07 bits per heavy atom. The number of hydrogen-bond donors (Lipinski definition) is 0. The van der Waals surface area contributed by atoms with Gasteiger partial charge in [-0.15, -0.1) is 0 Å². The van der Waals surface area contributed by atoms with Gasteiger partial charge in [0.25, 0.3) is 0 Å². The van der Waals surface area contributed by atoms with Gasteiger partial charge in [0.2, 0.25) is 5.91 Å². The van der Waals surface area contributed by atoms with Crippen LogP contribution >= 0.6 is 11.8 Å². The molecule has 2 aliphatic rings. The van der Waals surface area contributed by atoms with Crippen LogP contribution in [-0.4, -0.2) is 23.2 Å². The number of nitriles is 1. The maximum Gasteiger partial charge on any atom is 0.237 e. The highest BCUT2D eigenvalue weighted by Crippen LogP contribution is 2.30. The summed E-state index contributed by atoms with van der Waals surface area (Å²) < 4.78 is 0. The number of aryl methyl sites for hydroxylation is 3. The summed E-state index contributed by atoms with van der Waals surface area (Å²) in [6.07, 6.45) is 8.82. The Balaban J connectivity index is 1.51. The molecule has 1 aliphatic carbocycles. The minimum atomic E-state index is 0.0922. The SMILES string of the molecule is N#Cc1cc2c(nc1SCC(=O)N1CCCc3ccccc31)CCCCCC2. The molecular formula is C23H25N3OS. The number of rotatable bonds is 3. The standard InChI is InChI=1S/C23H25N3OS/c24-15-19-14-18-9-3-1-2-4-11-20(18)25-23(19)28-16-22(27)26-13-7-10-17-8-5-6-12-21(17)26/h5-6,8,12,14H,1-4,7,9-11,13,16H2. The number of anilines is 1. The van der Waals surface area contributed by atoms with E-state index >= 15 is 0 Å². The lowest BCUT2D eigenvalue weighted by molar-refractivity contribution is -0.116. The summed E-state index contributed by atoms with van der Waals surface area (Å²) in [5.74, 6) is 0.406. The van der Waals surface area contributed by atoms with Crippen molar-refractivity contribution in [3.05, 3.63) is 52.7 Å². The number of para-hydroxylation sites is 1. The fraction of sp³-hybridized carbons (Fsp3) is 0.435. The van der Waals surface area contributed by atoms with Crippen LogP contribution in [0.3, 0.4) is 0 Å². The number of pyridine rings is 1. The number of fused-ring (bicyclic) bond motifs is 2. The molecule has 1 aliphatic heterocycles. The summed E-state index contributed by atoms with van der Waals surface area (Å²) in [4.78, 5) is 19.6. The first-order chi connectivity index (χ1) is 13.8. The number of benzene rings is 1. The minimum absolute atomic E-state index is 0.0922. The molecule has 5 heteroatoms. The van der Waals surface area contributed by atoms with Gasteiger partial charge >= 0.3 is 0 Å². The van der Waals surface area contributed by atoms with Gasteiger partial charge in [0.05, 0.1) is 11.3 Å². The van der Waals surface area contributed by atoms with Crippen molar-refractivity contribution in [2.75, 3.05) is 17.2 Å². The van der Waals surface area contributed by atoms with E-state index in [2.05, 4.69) is 12.1 Å². The highest BCUT2D eigenvalue weighted by atomic mass is 32.2. The molecule has 0 atom stereocenters. The first kappa shape index (κ1) is 19.0. The lowest BCUT2D eigenvalue weighted by Crippen LogP contribution is -2.36. The minimum Gasteiger partial charge on any atom is -0.311 e. The third-order valence-corrected chi connectivity index (χ3v) is 6.61. The number of thioether (sulfide) groups is 1. The lowest BCUT2D eigenvalue weighted by atomic mass is 9.96. The van der Waals surface area contributed by atoms with Crippen LogP contribution in [0.4, 0.5) is 5.69 Å². The van der Waals surface area contributed by atoms with E-state index in [1.807, 2.05) is 29.2 Å². The lowest BCUT2D eigenvalue weighted by Gasteiger charge is -2.29. The second-order valence-electron chi connectivity index (χ2n) is 7.54. The van der Waals surface area contributed by atoms with Crippen LogP contribution in [0.15, 0.2) is 35.4 Å². The second kappa shape index (κ2) is 8.79. The van der Waals surface area contributed by atoms with Crippen LogP contribution in [0, 0.1) is 11.3 Å². The molecule has 0 N–H and O–H groups in total. The zero-order valence-corrected chi connectivity index (χ0v) is 16.9. The summed E-state index contributed by atoms with van der Waals surface area (Å²) >= 11 is 1.41. The molecule has 4 rings (SSSR count). The maximum atomic E-state index is 12.9. The second-order valence-corrected chi connectivity index (χ2v) is 8.50. The molecule has 0 saturated carbocycles. The van der Waals surface area contributed by atoms with Gasteiger partial charge in [-0.05, 0) is 61.8 Å². The molecule has 0 unspecified atom stereocenters. The average Bonchev–Trinajstić information content (AvgIpc) is 2.72. The van der Waals surface area contributed by atoms with Crippen LogP contribution in [-0.2, 0) is 24.1 Å². The zero-order chi connectivity index (χ0) is 19.3. The molecule has 2 aromatic rings.